The van der Waals surface area contributed by atoms with Crippen LogP contribution in [0.3, 0.4) is 0 Å². The van der Waals surface area contributed by atoms with Crippen molar-refractivity contribution in [3.8, 4) is 17.2 Å². The topological polar surface area (TPSA) is 55.8 Å². The van der Waals surface area contributed by atoms with Crippen molar-refractivity contribution in [2.75, 3.05) is 14.2 Å². The van der Waals surface area contributed by atoms with Crippen molar-refractivity contribution in [3.63, 3.8) is 0 Å². The molecule has 4 nitrogen and oxygen atoms in total. The summed E-state index contributed by atoms with van der Waals surface area (Å²) in [7, 11) is 3.02. The summed E-state index contributed by atoms with van der Waals surface area (Å²) in [6.45, 7) is 1.80. The van der Waals surface area contributed by atoms with Crippen LogP contribution in [0.2, 0.25) is 0 Å². The van der Waals surface area contributed by atoms with E-state index >= 15 is 0 Å². The molecule has 0 radical (unpaired) electrons. The quantitative estimate of drug-likeness (QED) is 0.613. The van der Waals surface area contributed by atoms with Gasteiger partial charge in [0.15, 0.2) is 5.78 Å². The predicted molar refractivity (Wildman–Crippen MR) is 97.4 cm³/mol. The van der Waals surface area contributed by atoms with Gasteiger partial charge in [0.2, 0.25) is 0 Å². The summed E-state index contributed by atoms with van der Waals surface area (Å²) in [5.74, 6) is -0.106. The number of ether oxygens (including phenoxy) is 2. The molecule has 0 bridgehead atoms. The van der Waals surface area contributed by atoms with Gasteiger partial charge in [0.05, 0.1) is 25.7 Å². The summed E-state index contributed by atoms with van der Waals surface area (Å²) in [6.07, 6.45) is 0. The zero-order valence-electron chi connectivity index (χ0n) is 14.0. The number of aryl methyl sites for hydroxylation is 1. The van der Waals surface area contributed by atoms with Gasteiger partial charge in [-0.1, -0.05) is 12.1 Å². The molecular weight excluding hydrogens is 363 g/mol. The number of phenolic OH excluding ortho intramolecular Hbond substituents is 1. The molecule has 0 heterocycles. The molecule has 0 saturated heterocycles. The smallest absolute Gasteiger partial charge is 0.173 e. The Kier molecular flexibility index (Phi) is 4.60. The number of hydrogen-bond donors (Lipinski definition) is 1. The van der Waals surface area contributed by atoms with Crippen molar-refractivity contribution in [2.45, 2.75) is 17.2 Å². The van der Waals surface area contributed by atoms with Gasteiger partial charge >= 0.3 is 0 Å². The molecule has 2 aromatic carbocycles. The average molecular weight is 381 g/mol. The highest BCUT2D eigenvalue weighted by Crippen LogP contribution is 2.66. The van der Waals surface area contributed by atoms with E-state index in [9.17, 15) is 9.90 Å². The molecular formula is C19H18Cl2O4. The SMILES string of the molecule is COc1ccc(OC)c(C(=O)C2C(c3ccc(C)c(O)c3)C2(Cl)Cl)c1. The molecule has 2 atom stereocenters. The third-order valence-electron chi connectivity index (χ3n) is 4.60. The Morgan fingerprint density at radius 2 is 1.84 bits per heavy atom. The van der Waals surface area contributed by atoms with E-state index in [1.165, 1.54) is 14.2 Å². The highest BCUT2D eigenvalue weighted by Gasteiger charge is 2.67. The lowest BCUT2D eigenvalue weighted by molar-refractivity contribution is 0.0961. The van der Waals surface area contributed by atoms with Gasteiger partial charge in [0.1, 0.15) is 21.6 Å². The second-order valence-electron chi connectivity index (χ2n) is 6.11. The number of halogens is 2. The summed E-state index contributed by atoms with van der Waals surface area (Å²) in [4.78, 5) is 13.0. The van der Waals surface area contributed by atoms with Gasteiger partial charge in [-0.15, -0.1) is 23.2 Å². The Balaban J connectivity index is 1.96. The van der Waals surface area contributed by atoms with Crippen molar-refractivity contribution >= 4 is 29.0 Å². The summed E-state index contributed by atoms with van der Waals surface area (Å²) in [6, 6.07) is 10.2. The normalized spacial score (nSPS) is 20.8. The van der Waals surface area contributed by atoms with Crippen LogP contribution < -0.4 is 9.47 Å². The molecule has 1 aliphatic rings. The molecule has 25 heavy (non-hydrogen) atoms. The highest BCUT2D eigenvalue weighted by molar-refractivity contribution is 6.54. The zero-order valence-corrected chi connectivity index (χ0v) is 15.6. The van der Waals surface area contributed by atoms with E-state index in [0.29, 0.717) is 17.1 Å². The number of Topliss-reactive ketones (excluding diaryl/α,β-unsaturated/α-hetero) is 1. The Bertz CT molecular complexity index is 832. The van der Waals surface area contributed by atoms with Crippen LogP contribution in [0.1, 0.15) is 27.4 Å². The van der Waals surface area contributed by atoms with E-state index in [1.807, 2.05) is 6.07 Å². The monoisotopic (exact) mass is 380 g/mol. The van der Waals surface area contributed by atoms with Gasteiger partial charge in [0, 0.05) is 5.92 Å². The summed E-state index contributed by atoms with van der Waals surface area (Å²) < 4.78 is 9.25. The van der Waals surface area contributed by atoms with Crippen molar-refractivity contribution in [3.05, 3.63) is 53.1 Å². The van der Waals surface area contributed by atoms with Gasteiger partial charge in [-0.25, -0.2) is 0 Å². The van der Waals surface area contributed by atoms with Crippen molar-refractivity contribution in [1.29, 1.82) is 0 Å². The Morgan fingerprint density at radius 1 is 1.12 bits per heavy atom. The summed E-state index contributed by atoms with van der Waals surface area (Å²) in [5, 5.41) is 9.93. The van der Waals surface area contributed by atoms with E-state index in [-0.39, 0.29) is 11.5 Å². The molecule has 2 unspecified atom stereocenters. The molecule has 132 valence electrons. The molecule has 1 aliphatic carbocycles. The molecule has 6 heteroatoms. The van der Waals surface area contributed by atoms with Crippen LogP contribution in [0.5, 0.6) is 17.2 Å². The number of methoxy groups -OCH3 is 2. The number of phenols is 1. The van der Waals surface area contributed by atoms with E-state index < -0.39 is 16.2 Å². The fourth-order valence-corrected chi connectivity index (χ4v) is 3.89. The molecule has 2 aromatic rings. The largest absolute Gasteiger partial charge is 0.508 e. The molecule has 1 fully saturated rings. The zero-order chi connectivity index (χ0) is 18.4. The maximum absolute atomic E-state index is 13.0. The average Bonchev–Trinajstić information content (AvgIpc) is 3.18. The Hall–Kier alpha value is -1.91. The van der Waals surface area contributed by atoms with Crippen molar-refractivity contribution < 1.29 is 19.4 Å². The molecule has 0 amide bonds. The van der Waals surface area contributed by atoms with Crippen molar-refractivity contribution in [2.24, 2.45) is 5.92 Å². The maximum Gasteiger partial charge on any atom is 0.173 e. The van der Waals surface area contributed by atoms with Crippen LogP contribution in [-0.4, -0.2) is 29.4 Å². The minimum Gasteiger partial charge on any atom is -0.508 e. The van der Waals surface area contributed by atoms with E-state index in [4.69, 9.17) is 32.7 Å². The Labute approximate surface area is 156 Å². The number of carbonyl (C=O) groups excluding carboxylic acids is 1. The third kappa shape index (κ3) is 3.05. The van der Waals surface area contributed by atoms with Gasteiger partial charge in [-0.3, -0.25) is 4.79 Å². The second kappa shape index (κ2) is 6.43. The van der Waals surface area contributed by atoms with Crippen LogP contribution in [0.25, 0.3) is 0 Å². The predicted octanol–water partition coefficient (Wildman–Crippen LogP) is 4.49. The summed E-state index contributed by atoms with van der Waals surface area (Å²) >= 11 is 12.8. The number of alkyl halides is 2. The van der Waals surface area contributed by atoms with Gasteiger partial charge in [-0.2, -0.15) is 0 Å². The number of hydrogen-bond acceptors (Lipinski definition) is 4. The van der Waals surface area contributed by atoms with Crippen LogP contribution in [-0.2, 0) is 0 Å². The van der Waals surface area contributed by atoms with Crippen LogP contribution >= 0.6 is 23.2 Å². The standard InChI is InChI=1S/C19H18Cl2O4/c1-10-4-5-11(8-14(10)22)16-17(19(16,20)21)18(23)13-9-12(24-2)6-7-15(13)25-3/h4-9,16-17,22H,1-3H3. The van der Waals surface area contributed by atoms with Crippen LogP contribution in [0.15, 0.2) is 36.4 Å². The van der Waals surface area contributed by atoms with Crippen molar-refractivity contribution in [1.82, 2.24) is 0 Å². The summed E-state index contributed by atoms with van der Waals surface area (Å²) in [5.41, 5.74) is 1.85. The third-order valence-corrected chi connectivity index (χ3v) is 5.54. The first-order valence-electron chi connectivity index (χ1n) is 7.74. The first-order chi connectivity index (χ1) is 11.8. The fourth-order valence-electron chi connectivity index (χ4n) is 3.06. The molecule has 0 spiro atoms. The minimum absolute atomic E-state index is 0.152. The van der Waals surface area contributed by atoms with E-state index in [0.717, 1.165) is 11.1 Å². The Morgan fingerprint density at radius 3 is 2.44 bits per heavy atom. The lowest BCUT2D eigenvalue weighted by atomic mass is 10.0. The molecule has 1 N–H and O–H groups in total. The first-order valence-corrected chi connectivity index (χ1v) is 8.50. The minimum atomic E-state index is -1.23. The highest BCUT2D eigenvalue weighted by atomic mass is 35.5. The van der Waals surface area contributed by atoms with Crippen LogP contribution in [0, 0.1) is 12.8 Å². The van der Waals surface area contributed by atoms with Gasteiger partial charge in [-0.05, 0) is 42.3 Å². The number of benzene rings is 2. The number of rotatable bonds is 5. The van der Waals surface area contributed by atoms with Crippen LogP contribution in [0.4, 0.5) is 0 Å². The molecule has 1 saturated carbocycles. The van der Waals surface area contributed by atoms with Gasteiger partial charge < -0.3 is 14.6 Å². The lowest BCUT2D eigenvalue weighted by Gasteiger charge is -2.10. The maximum atomic E-state index is 13.0. The van der Waals surface area contributed by atoms with E-state index in [1.54, 1.807) is 37.3 Å². The second-order valence-corrected chi connectivity index (χ2v) is 7.55. The first kappa shape index (κ1) is 17.9. The molecule has 0 aliphatic heterocycles. The van der Waals surface area contributed by atoms with Gasteiger partial charge in [0.25, 0.3) is 0 Å². The fraction of sp³-hybridized carbons (Fsp3) is 0.316. The molecule has 0 aromatic heterocycles. The van der Waals surface area contributed by atoms with E-state index in [2.05, 4.69) is 0 Å². The number of ketones is 1. The number of aromatic hydroxyl groups is 1. The number of carbonyl (C=O) groups is 1. The lowest BCUT2D eigenvalue weighted by Crippen LogP contribution is -2.09. The molecule has 3 rings (SSSR count).